The molecule has 0 aromatic heterocycles. The molecule has 0 bridgehead atoms. The normalized spacial score (nSPS) is 11.9. The molecule has 0 atom stereocenters. The number of hydrogen-bond acceptors (Lipinski definition) is 2. The third-order valence-corrected chi connectivity index (χ3v) is 2.56. The van der Waals surface area contributed by atoms with Crippen LogP contribution in [0.5, 0.6) is 0 Å². The van der Waals surface area contributed by atoms with Crippen molar-refractivity contribution in [1.82, 2.24) is 0 Å². The molecule has 15 heavy (non-hydrogen) atoms. The quantitative estimate of drug-likeness (QED) is 0.632. The van der Waals surface area contributed by atoms with Crippen molar-refractivity contribution in [3.63, 3.8) is 0 Å². The van der Waals surface area contributed by atoms with Crippen LogP contribution in [-0.2, 0) is 9.59 Å². The molecule has 0 fully saturated rings. The summed E-state index contributed by atoms with van der Waals surface area (Å²) in [5.74, 6) is 0.723. The highest BCUT2D eigenvalue weighted by molar-refractivity contribution is 5.83. The number of hydrogen-bond donors (Lipinski definition) is 0. The molecule has 0 N–H and O–H groups in total. The molecule has 0 rings (SSSR count). The van der Waals surface area contributed by atoms with Gasteiger partial charge in [0.05, 0.1) is 0 Å². The Hall–Kier alpha value is -0.660. The lowest BCUT2D eigenvalue weighted by Crippen LogP contribution is -2.19. The molecular formula is C13H24O2. The van der Waals surface area contributed by atoms with Crippen molar-refractivity contribution >= 4 is 11.6 Å². The van der Waals surface area contributed by atoms with Crippen LogP contribution in [-0.4, -0.2) is 11.6 Å². The van der Waals surface area contributed by atoms with Gasteiger partial charge in [0.1, 0.15) is 11.6 Å². The Bertz CT molecular complexity index is 221. The number of rotatable bonds is 6. The molecule has 0 aliphatic carbocycles. The van der Waals surface area contributed by atoms with E-state index in [4.69, 9.17) is 0 Å². The number of Topliss-reactive ketones (excluding diaryl/α,β-unsaturated/α-hetero) is 2. The van der Waals surface area contributed by atoms with E-state index in [1.165, 1.54) is 0 Å². The molecular weight excluding hydrogens is 188 g/mol. The van der Waals surface area contributed by atoms with Crippen LogP contribution in [0.3, 0.4) is 0 Å². The summed E-state index contributed by atoms with van der Waals surface area (Å²) in [7, 11) is 0. The highest BCUT2D eigenvalue weighted by Gasteiger charge is 2.20. The summed E-state index contributed by atoms with van der Waals surface area (Å²) in [5.41, 5.74) is -0.234. The molecule has 0 saturated carbocycles. The summed E-state index contributed by atoms with van der Waals surface area (Å²) in [5, 5.41) is 0. The van der Waals surface area contributed by atoms with Gasteiger partial charge < -0.3 is 0 Å². The summed E-state index contributed by atoms with van der Waals surface area (Å²) in [6.45, 7) is 9.66. The van der Waals surface area contributed by atoms with E-state index < -0.39 is 0 Å². The van der Waals surface area contributed by atoms with E-state index in [1.807, 2.05) is 34.6 Å². The van der Waals surface area contributed by atoms with Gasteiger partial charge in [0.25, 0.3) is 0 Å². The molecule has 0 saturated heterocycles. The van der Waals surface area contributed by atoms with Crippen LogP contribution in [0.4, 0.5) is 0 Å². The van der Waals surface area contributed by atoms with Gasteiger partial charge in [0.15, 0.2) is 0 Å². The first-order chi connectivity index (χ1) is 6.75. The molecule has 0 heterocycles. The van der Waals surface area contributed by atoms with Gasteiger partial charge in [-0.15, -0.1) is 0 Å². The maximum Gasteiger partial charge on any atom is 0.138 e. The van der Waals surface area contributed by atoms with Gasteiger partial charge in [-0.1, -0.05) is 34.6 Å². The topological polar surface area (TPSA) is 34.1 Å². The van der Waals surface area contributed by atoms with Gasteiger partial charge in [-0.25, -0.2) is 0 Å². The van der Waals surface area contributed by atoms with Crippen molar-refractivity contribution in [3.8, 4) is 0 Å². The molecule has 2 nitrogen and oxygen atoms in total. The molecule has 2 heteroatoms. The number of unbranched alkanes of at least 4 members (excludes halogenated alkanes) is 1. The van der Waals surface area contributed by atoms with Crippen LogP contribution in [0.1, 0.15) is 60.3 Å². The van der Waals surface area contributed by atoms with Crippen LogP contribution in [0, 0.1) is 11.3 Å². The molecule has 0 radical (unpaired) electrons. The van der Waals surface area contributed by atoms with Gasteiger partial charge >= 0.3 is 0 Å². The number of ketones is 2. The molecule has 0 aliphatic rings. The zero-order valence-electron chi connectivity index (χ0n) is 10.7. The Labute approximate surface area is 93.4 Å². The van der Waals surface area contributed by atoms with E-state index in [9.17, 15) is 9.59 Å². The summed E-state index contributed by atoms with van der Waals surface area (Å²) < 4.78 is 0. The molecule has 0 aliphatic heterocycles. The SMILES string of the molecule is CC(C)C(=O)CCCCC(=O)C(C)(C)C. The second kappa shape index (κ2) is 6.04. The van der Waals surface area contributed by atoms with Gasteiger partial charge in [-0.2, -0.15) is 0 Å². The summed E-state index contributed by atoms with van der Waals surface area (Å²) in [6, 6.07) is 0. The monoisotopic (exact) mass is 212 g/mol. The molecule has 88 valence electrons. The van der Waals surface area contributed by atoms with Gasteiger partial charge in [0, 0.05) is 24.2 Å². The van der Waals surface area contributed by atoms with Crippen LogP contribution in [0.15, 0.2) is 0 Å². The van der Waals surface area contributed by atoms with E-state index in [2.05, 4.69) is 0 Å². The molecule has 0 aromatic rings. The number of carbonyl (C=O) groups excluding carboxylic acids is 2. The van der Waals surface area contributed by atoms with Gasteiger partial charge in [0.2, 0.25) is 0 Å². The third-order valence-electron chi connectivity index (χ3n) is 2.56. The molecule has 0 unspecified atom stereocenters. The first-order valence-corrected chi connectivity index (χ1v) is 5.81. The van der Waals surface area contributed by atoms with Crippen molar-refractivity contribution < 1.29 is 9.59 Å². The standard InChI is InChI=1S/C13H24O2/c1-10(2)11(14)8-6-7-9-12(15)13(3,4)5/h10H,6-9H2,1-5H3. The lowest BCUT2D eigenvalue weighted by molar-refractivity contribution is -0.127. The molecule has 0 aromatic carbocycles. The van der Waals surface area contributed by atoms with E-state index in [0.717, 1.165) is 12.8 Å². The minimum atomic E-state index is -0.234. The first-order valence-electron chi connectivity index (χ1n) is 5.81. The first kappa shape index (κ1) is 14.3. The predicted molar refractivity (Wildman–Crippen MR) is 62.8 cm³/mol. The van der Waals surface area contributed by atoms with E-state index in [1.54, 1.807) is 0 Å². The molecule has 0 spiro atoms. The van der Waals surface area contributed by atoms with Gasteiger partial charge in [-0.3, -0.25) is 9.59 Å². The average Bonchev–Trinajstić information content (AvgIpc) is 2.09. The van der Waals surface area contributed by atoms with Crippen molar-refractivity contribution in [2.45, 2.75) is 60.3 Å². The minimum absolute atomic E-state index is 0.128. The lowest BCUT2D eigenvalue weighted by Gasteiger charge is -2.16. The summed E-state index contributed by atoms with van der Waals surface area (Å²) >= 11 is 0. The minimum Gasteiger partial charge on any atom is -0.299 e. The van der Waals surface area contributed by atoms with Crippen LogP contribution < -0.4 is 0 Å². The third kappa shape index (κ3) is 6.43. The summed E-state index contributed by atoms with van der Waals surface area (Å²) in [6.07, 6.45) is 2.91. The maximum atomic E-state index is 11.6. The Kier molecular flexibility index (Phi) is 5.77. The van der Waals surface area contributed by atoms with E-state index >= 15 is 0 Å². The Balaban J connectivity index is 3.65. The number of carbonyl (C=O) groups is 2. The lowest BCUT2D eigenvalue weighted by atomic mass is 9.87. The van der Waals surface area contributed by atoms with Gasteiger partial charge in [-0.05, 0) is 12.8 Å². The Morgan fingerprint density at radius 2 is 1.47 bits per heavy atom. The van der Waals surface area contributed by atoms with E-state index in [-0.39, 0.29) is 11.3 Å². The van der Waals surface area contributed by atoms with Crippen LogP contribution in [0.25, 0.3) is 0 Å². The van der Waals surface area contributed by atoms with Crippen molar-refractivity contribution in [2.24, 2.45) is 11.3 Å². The smallest absolute Gasteiger partial charge is 0.138 e. The second-order valence-corrected chi connectivity index (χ2v) is 5.50. The van der Waals surface area contributed by atoms with Crippen LogP contribution in [0.2, 0.25) is 0 Å². The zero-order chi connectivity index (χ0) is 12.1. The Morgan fingerprint density at radius 1 is 1.00 bits per heavy atom. The fraction of sp³-hybridized carbons (Fsp3) is 0.846. The highest BCUT2D eigenvalue weighted by atomic mass is 16.1. The maximum absolute atomic E-state index is 11.6. The predicted octanol–water partition coefficient (Wildman–Crippen LogP) is 3.39. The molecule has 0 amide bonds. The average molecular weight is 212 g/mol. The highest BCUT2D eigenvalue weighted by Crippen LogP contribution is 2.18. The van der Waals surface area contributed by atoms with E-state index in [0.29, 0.717) is 24.4 Å². The largest absolute Gasteiger partial charge is 0.299 e. The fourth-order valence-corrected chi connectivity index (χ4v) is 1.25. The fourth-order valence-electron chi connectivity index (χ4n) is 1.25. The Morgan fingerprint density at radius 3 is 1.87 bits per heavy atom. The van der Waals surface area contributed by atoms with Crippen LogP contribution >= 0.6 is 0 Å². The second-order valence-electron chi connectivity index (χ2n) is 5.50. The van der Waals surface area contributed by atoms with Crippen molar-refractivity contribution in [1.29, 1.82) is 0 Å². The van der Waals surface area contributed by atoms with Crippen molar-refractivity contribution in [3.05, 3.63) is 0 Å². The zero-order valence-corrected chi connectivity index (χ0v) is 10.7. The van der Waals surface area contributed by atoms with Crippen molar-refractivity contribution in [2.75, 3.05) is 0 Å². The summed E-state index contributed by atoms with van der Waals surface area (Å²) in [4.78, 5) is 22.9.